The highest BCUT2D eigenvalue weighted by atomic mass is 19.4. The molecule has 0 aromatic carbocycles. The fraction of sp³-hybridized carbons (Fsp3) is 1.00. The van der Waals surface area contributed by atoms with E-state index in [1.807, 2.05) is 0 Å². The van der Waals surface area contributed by atoms with Gasteiger partial charge in [-0.3, -0.25) is 0 Å². The monoisotopic (exact) mass is 223 g/mol. The van der Waals surface area contributed by atoms with E-state index in [0.29, 0.717) is 5.92 Å². The quantitative estimate of drug-likeness (QED) is 0.773. The average Bonchev–Trinajstić information content (AvgIpc) is 2.07. The van der Waals surface area contributed by atoms with Gasteiger partial charge < -0.3 is 5.32 Å². The summed E-state index contributed by atoms with van der Waals surface area (Å²) in [5.41, 5.74) is 0. The molecule has 90 valence electrons. The van der Waals surface area contributed by atoms with Gasteiger partial charge in [0.05, 0.1) is 6.42 Å². The Bertz CT molecular complexity index is 191. The van der Waals surface area contributed by atoms with Gasteiger partial charge in [-0.25, -0.2) is 0 Å². The molecule has 1 rings (SSSR count). The molecule has 15 heavy (non-hydrogen) atoms. The topological polar surface area (TPSA) is 12.0 Å². The van der Waals surface area contributed by atoms with Gasteiger partial charge in [0.25, 0.3) is 0 Å². The zero-order valence-electron chi connectivity index (χ0n) is 9.40. The third-order valence-electron chi connectivity index (χ3n) is 3.25. The Balaban J connectivity index is 2.21. The van der Waals surface area contributed by atoms with E-state index in [1.165, 1.54) is 0 Å². The molecule has 0 saturated heterocycles. The lowest BCUT2D eigenvalue weighted by Crippen LogP contribution is -2.40. The van der Waals surface area contributed by atoms with Crippen LogP contribution in [0.2, 0.25) is 0 Å². The Morgan fingerprint density at radius 3 is 2.40 bits per heavy atom. The molecule has 1 nitrogen and oxygen atoms in total. The van der Waals surface area contributed by atoms with Crippen molar-refractivity contribution in [3.05, 3.63) is 0 Å². The summed E-state index contributed by atoms with van der Waals surface area (Å²) in [6.45, 7) is 4.40. The fourth-order valence-corrected chi connectivity index (χ4v) is 2.37. The highest BCUT2D eigenvalue weighted by molar-refractivity contribution is 4.81. The minimum absolute atomic E-state index is 0.0624. The third-order valence-corrected chi connectivity index (χ3v) is 3.25. The number of nitrogens with one attached hydrogen (secondary N) is 1. The van der Waals surface area contributed by atoms with Crippen LogP contribution in [0, 0.1) is 11.8 Å². The van der Waals surface area contributed by atoms with Crippen LogP contribution in [0.25, 0.3) is 0 Å². The summed E-state index contributed by atoms with van der Waals surface area (Å²) < 4.78 is 35.8. The molecule has 0 heterocycles. The van der Waals surface area contributed by atoms with Crippen LogP contribution in [0.4, 0.5) is 13.2 Å². The van der Waals surface area contributed by atoms with Crippen LogP contribution in [-0.2, 0) is 0 Å². The Labute approximate surface area is 89.4 Å². The van der Waals surface area contributed by atoms with Gasteiger partial charge in [0, 0.05) is 12.6 Å². The van der Waals surface area contributed by atoms with Crippen LogP contribution in [0.15, 0.2) is 0 Å². The molecule has 0 radical (unpaired) electrons. The highest BCUT2D eigenvalue weighted by Gasteiger charge is 2.29. The molecule has 1 aliphatic rings. The predicted octanol–water partition coefficient (Wildman–Crippen LogP) is 3.35. The van der Waals surface area contributed by atoms with Crippen LogP contribution in [-0.4, -0.2) is 18.8 Å². The van der Waals surface area contributed by atoms with E-state index in [1.54, 1.807) is 0 Å². The molecule has 0 aliphatic heterocycles. The highest BCUT2D eigenvalue weighted by Crippen LogP contribution is 2.28. The van der Waals surface area contributed by atoms with E-state index < -0.39 is 12.6 Å². The average molecular weight is 223 g/mol. The molecule has 0 spiro atoms. The van der Waals surface area contributed by atoms with Crippen molar-refractivity contribution in [2.75, 3.05) is 6.54 Å². The molecule has 0 bridgehead atoms. The van der Waals surface area contributed by atoms with E-state index in [2.05, 4.69) is 19.2 Å². The first kappa shape index (κ1) is 12.8. The lowest BCUT2D eigenvalue weighted by molar-refractivity contribution is -0.133. The van der Waals surface area contributed by atoms with Crippen LogP contribution in [0.5, 0.6) is 0 Å². The van der Waals surface area contributed by atoms with Gasteiger partial charge in [0.1, 0.15) is 0 Å². The molecule has 3 atom stereocenters. The predicted molar refractivity (Wildman–Crippen MR) is 54.6 cm³/mol. The van der Waals surface area contributed by atoms with Gasteiger partial charge in [-0.05, 0) is 31.1 Å². The standard InChI is InChI=1S/C11H20F3N/c1-8-3-4-10(9(2)7-8)15-6-5-11(12,13)14/h8-10,15H,3-7H2,1-2H3. The van der Waals surface area contributed by atoms with Crippen molar-refractivity contribution in [3.8, 4) is 0 Å². The van der Waals surface area contributed by atoms with Crippen molar-refractivity contribution in [2.45, 2.75) is 51.7 Å². The van der Waals surface area contributed by atoms with E-state index in [4.69, 9.17) is 0 Å². The van der Waals surface area contributed by atoms with Crippen molar-refractivity contribution >= 4 is 0 Å². The number of alkyl halides is 3. The van der Waals surface area contributed by atoms with Crippen molar-refractivity contribution in [2.24, 2.45) is 11.8 Å². The molecule has 1 saturated carbocycles. The zero-order valence-corrected chi connectivity index (χ0v) is 9.40. The van der Waals surface area contributed by atoms with Crippen LogP contribution in [0.3, 0.4) is 0 Å². The van der Waals surface area contributed by atoms with Crippen molar-refractivity contribution in [3.63, 3.8) is 0 Å². The van der Waals surface area contributed by atoms with Gasteiger partial charge in [0.15, 0.2) is 0 Å². The number of rotatable bonds is 3. The third kappa shape index (κ3) is 4.87. The maximum Gasteiger partial charge on any atom is 0.390 e. The summed E-state index contributed by atoms with van der Waals surface area (Å²) in [7, 11) is 0. The minimum atomic E-state index is -4.03. The summed E-state index contributed by atoms with van der Waals surface area (Å²) in [4.78, 5) is 0. The zero-order chi connectivity index (χ0) is 11.5. The van der Waals surface area contributed by atoms with E-state index in [0.717, 1.165) is 25.2 Å². The van der Waals surface area contributed by atoms with Gasteiger partial charge in [-0.1, -0.05) is 13.8 Å². The lowest BCUT2D eigenvalue weighted by atomic mass is 9.80. The second-order valence-corrected chi connectivity index (χ2v) is 4.82. The van der Waals surface area contributed by atoms with Gasteiger partial charge >= 0.3 is 6.18 Å². The molecule has 1 aliphatic carbocycles. The summed E-state index contributed by atoms with van der Waals surface area (Å²) in [6, 6.07) is 0.281. The maximum absolute atomic E-state index is 11.9. The van der Waals surface area contributed by atoms with Crippen LogP contribution in [0.1, 0.15) is 39.5 Å². The summed E-state index contributed by atoms with van der Waals surface area (Å²) >= 11 is 0. The molecule has 1 N–H and O–H groups in total. The molecule has 4 heteroatoms. The molecule has 0 amide bonds. The van der Waals surface area contributed by atoms with Gasteiger partial charge in [-0.2, -0.15) is 13.2 Å². The van der Waals surface area contributed by atoms with Gasteiger partial charge in [-0.15, -0.1) is 0 Å². The van der Waals surface area contributed by atoms with E-state index >= 15 is 0 Å². The second-order valence-electron chi connectivity index (χ2n) is 4.82. The molecule has 1 fully saturated rings. The maximum atomic E-state index is 11.9. The normalized spacial score (nSPS) is 33.0. The van der Waals surface area contributed by atoms with Crippen molar-refractivity contribution in [1.29, 1.82) is 0 Å². The summed E-state index contributed by atoms with van der Waals surface area (Å²) in [5, 5.41) is 3.03. The number of halogens is 3. The molecule has 0 aromatic rings. The summed E-state index contributed by atoms with van der Waals surface area (Å²) in [6.07, 6.45) is -1.47. The molecular weight excluding hydrogens is 203 g/mol. The second kappa shape index (κ2) is 5.19. The van der Waals surface area contributed by atoms with Crippen LogP contribution >= 0.6 is 0 Å². The van der Waals surface area contributed by atoms with Crippen molar-refractivity contribution in [1.82, 2.24) is 5.32 Å². The largest absolute Gasteiger partial charge is 0.390 e. The molecule has 0 aromatic heterocycles. The Kier molecular flexibility index (Phi) is 4.44. The fourth-order valence-electron chi connectivity index (χ4n) is 2.37. The Hall–Kier alpha value is -0.250. The van der Waals surface area contributed by atoms with E-state index in [-0.39, 0.29) is 12.6 Å². The Morgan fingerprint density at radius 2 is 1.87 bits per heavy atom. The van der Waals surface area contributed by atoms with E-state index in [9.17, 15) is 13.2 Å². The molecular formula is C11H20F3N. The number of hydrogen-bond donors (Lipinski definition) is 1. The van der Waals surface area contributed by atoms with Gasteiger partial charge in [0.2, 0.25) is 0 Å². The summed E-state index contributed by atoms with van der Waals surface area (Å²) in [5.74, 6) is 1.22. The van der Waals surface area contributed by atoms with Crippen LogP contribution < -0.4 is 5.32 Å². The SMILES string of the molecule is CC1CCC(NCCC(F)(F)F)C(C)C1. The Morgan fingerprint density at radius 1 is 1.20 bits per heavy atom. The lowest BCUT2D eigenvalue weighted by Gasteiger charge is -2.33. The molecule has 3 unspecified atom stereocenters. The van der Waals surface area contributed by atoms with Crippen molar-refractivity contribution < 1.29 is 13.2 Å². The smallest absolute Gasteiger partial charge is 0.313 e. The first-order valence-electron chi connectivity index (χ1n) is 5.68. The number of hydrogen-bond acceptors (Lipinski definition) is 1. The first-order valence-corrected chi connectivity index (χ1v) is 5.68. The minimum Gasteiger partial charge on any atom is -0.313 e. The first-order chi connectivity index (χ1) is 6.88.